The van der Waals surface area contributed by atoms with Crippen LogP contribution in [-0.2, 0) is 5.72 Å². The molecule has 5 rings (SSSR count). The molecule has 1 N–H and O–H groups in total. The van der Waals surface area contributed by atoms with Crippen LogP contribution in [0, 0.1) is 0 Å². The lowest BCUT2D eigenvalue weighted by molar-refractivity contribution is -0.0713. The van der Waals surface area contributed by atoms with Crippen LogP contribution in [-0.4, -0.2) is 35.1 Å². The third-order valence-electron chi connectivity index (χ3n) is 5.17. The summed E-state index contributed by atoms with van der Waals surface area (Å²) in [5.41, 5.74) is 0.736. The monoisotopic (exact) mass is 368 g/mol. The molecule has 1 fully saturated rings. The van der Waals surface area contributed by atoms with Gasteiger partial charge in [0, 0.05) is 18.7 Å². The topological polar surface area (TPSA) is 54.3 Å². The number of aliphatic hydroxyl groups is 1. The average molecular weight is 368 g/mol. The molecule has 2 unspecified atom stereocenters. The maximum Gasteiger partial charge on any atom is 0.231 e. The van der Waals surface area contributed by atoms with Crippen LogP contribution in [0.25, 0.3) is 0 Å². The molecule has 1 saturated heterocycles. The van der Waals surface area contributed by atoms with E-state index >= 15 is 0 Å². The summed E-state index contributed by atoms with van der Waals surface area (Å²) >= 11 is 1.65. The summed E-state index contributed by atoms with van der Waals surface area (Å²) in [6.45, 7) is 1.84. The number of rotatable bonds is 2. The fourth-order valence-electron chi connectivity index (χ4n) is 3.84. The first-order valence-electron chi connectivity index (χ1n) is 8.93. The Hall–Kier alpha value is -2.18. The molecule has 0 bridgehead atoms. The Labute approximate surface area is 156 Å². The fourth-order valence-corrected chi connectivity index (χ4v) is 5.30. The number of hydrogen-bond donors (Lipinski definition) is 1. The predicted molar refractivity (Wildman–Crippen MR) is 101 cm³/mol. The van der Waals surface area contributed by atoms with Gasteiger partial charge in [0.1, 0.15) is 0 Å². The van der Waals surface area contributed by atoms with Crippen LogP contribution < -0.4 is 9.47 Å². The standard InChI is InChI=1S/C20H20N2O3S/c23-20(15-8-9-16-17(12-15)25-13-24-16)18(14-6-2-1-3-7-14)26-19-21-10-4-5-11-22(19)20/h1-3,6-9,12,18,23H,4-5,10-11,13H2. The third-order valence-corrected chi connectivity index (χ3v) is 6.56. The quantitative estimate of drug-likeness (QED) is 0.879. The Morgan fingerprint density at radius 2 is 1.92 bits per heavy atom. The van der Waals surface area contributed by atoms with Crippen LogP contribution in [0.1, 0.15) is 29.2 Å². The molecule has 5 nitrogen and oxygen atoms in total. The van der Waals surface area contributed by atoms with Gasteiger partial charge in [0.2, 0.25) is 6.79 Å². The number of amidine groups is 1. The molecule has 134 valence electrons. The van der Waals surface area contributed by atoms with Crippen molar-refractivity contribution >= 4 is 16.9 Å². The highest BCUT2D eigenvalue weighted by Crippen LogP contribution is 2.55. The minimum Gasteiger partial charge on any atom is -0.454 e. The van der Waals surface area contributed by atoms with Gasteiger partial charge in [-0.3, -0.25) is 4.99 Å². The molecule has 26 heavy (non-hydrogen) atoms. The first kappa shape index (κ1) is 16.0. The number of fused-ring (bicyclic) bond motifs is 2. The largest absolute Gasteiger partial charge is 0.454 e. The van der Waals surface area contributed by atoms with Gasteiger partial charge < -0.3 is 19.5 Å². The van der Waals surface area contributed by atoms with Crippen LogP contribution >= 0.6 is 11.8 Å². The van der Waals surface area contributed by atoms with Crippen molar-refractivity contribution in [3.8, 4) is 11.5 Å². The molecule has 0 aromatic heterocycles. The Morgan fingerprint density at radius 1 is 1.08 bits per heavy atom. The van der Waals surface area contributed by atoms with E-state index in [-0.39, 0.29) is 12.0 Å². The van der Waals surface area contributed by atoms with E-state index in [1.165, 1.54) is 0 Å². The van der Waals surface area contributed by atoms with E-state index in [2.05, 4.69) is 17.0 Å². The first-order valence-corrected chi connectivity index (χ1v) is 9.81. The molecule has 0 spiro atoms. The maximum absolute atomic E-state index is 12.1. The minimum absolute atomic E-state index is 0.152. The lowest BCUT2D eigenvalue weighted by atomic mass is 9.92. The van der Waals surface area contributed by atoms with Crippen molar-refractivity contribution in [1.29, 1.82) is 0 Å². The molecule has 2 atom stereocenters. The molecular weight excluding hydrogens is 348 g/mol. The van der Waals surface area contributed by atoms with Gasteiger partial charge >= 0.3 is 0 Å². The van der Waals surface area contributed by atoms with Crippen molar-refractivity contribution in [2.75, 3.05) is 19.9 Å². The van der Waals surface area contributed by atoms with Crippen molar-refractivity contribution in [1.82, 2.24) is 4.90 Å². The SMILES string of the molecule is OC1(c2ccc3c(c2)OCO3)C(c2ccccc2)SC2=NCCCCN21. The van der Waals surface area contributed by atoms with Gasteiger partial charge in [0.15, 0.2) is 22.4 Å². The Balaban J connectivity index is 1.65. The van der Waals surface area contributed by atoms with Gasteiger partial charge in [-0.2, -0.15) is 0 Å². The number of benzene rings is 2. The lowest BCUT2D eigenvalue weighted by Gasteiger charge is -2.38. The summed E-state index contributed by atoms with van der Waals surface area (Å²) < 4.78 is 11.0. The highest BCUT2D eigenvalue weighted by Gasteiger charge is 2.53. The zero-order valence-corrected chi connectivity index (χ0v) is 15.1. The van der Waals surface area contributed by atoms with Gasteiger partial charge in [-0.15, -0.1) is 0 Å². The molecule has 3 heterocycles. The van der Waals surface area contributed by atoms with Crippen molar-refractivity contribution < 1.29 is 14.6 Å². The third kappa shape index (κ3) is 2.40. The second-order valence-corrected chi connectivity index (χ2v) is 7.80. The summed E-state index contributed by atoms with van der Waals surface area (Å²) in [6.07, 6.45) is 2.07. The normalized spacial score (nSPS) is 27.0. The second-order valence-electron chi connectivity index (χ2n) is 6.73. The number of nitrogens with zero attached hydrogens (tertiary/aromatic N) is 2. The molecule has 0 saturated carbocycles. The molecule has 0 radical (unpaired) electrons. The van der Waals surface area contributed by atoms with Crippen LogP contribution in [0.5, 0.6) is 11.5 Å². The summed E-state index contributed by atoms with van der Waals surface area (Å²) in [5, 5.41) is 12.8. The van der Waals surface area contributed by atoms with Crippen molar-refractivity contribution in [2.45, 2.75) is 23.8 Å². The minimum atomic E-state index is -1.17. The van der Waals surface area contributed by atoms with Gasteiger partial charge in [-0.1, -0.05) is 48.2 Å². The number of thioether (sulfide) groups is 1. The van der Waals surface area contributed by atoms with E-state index in [1.54, 1.807) is 11.8 Å². The highest BCUT2D eigenvalue weighted by atomic mass is 32.2. The van der Waals surface area contributed by atoms with Gasteiger partial charge in [-0.05, 0) is 30.5 Å². The van der Waals surface area contributed by atoms with Gasteiger partial charge in [-0.25, -0.2) is 0 Å². The van der Waals surface area contributed by atoms with E-state index in [0.29, 0.717) is 5.75 Å². The van der Waals surface area contributed by atoms with Crippen LogP contribution in [0.2, 0.25) is 0 Å². The summed E-state index contributed by atoms with van der Waals surface area (Å²) in [5.74, 6) is 1.41. The molecule has 2 aromatic carbocycles. The Bertz CT molecular complexity index is 857. The number of aliphatic imine (C=N–C) groups is 1. The highest BCUT2D eigenvalue weighted by molar-refractivity contribution is 8.14. The van der Waals surface area contributed by atoms with Crippen LogP contribution in [0.4, 0.5) is 0 Å². The smallest absolute Gasteiger partial charge is 0.231 e. The summed E-state index contributed by atoms with van der Waals surface area (Å²) in [7, 11) is 0. The van der Waals surface area contributed by atoms with Crippen molar-refractivity contribution in [3.63, 3.8) is 0 Å². The molecule has 0 amide bonds. The molecule has 6 heteroatoms. The van der Waals surface area contributed by atoms with E-state index in [1.807, 2.05) is 36.4 Å². The molecule has 2 aromatic rings. The maximum atomic E-state index is 12.1. The second kappa shape index (κ2) is 6.21. The van der Waals surface area contributed by atoms with E-state index in [9.17, 15) is 5.11 Å². The number of ether oxygens (including phenoxy) is 2. The van der Waals surface area contributed by atoms with Gasteiger partial charge in [0.05, 0.1) is 5.25 Å². The zero-order chi connectivity index (χ0) is 17.6. The molecular formula is C20H20N2O3S. The fraction of sp³-hybridized carbons (Fsp3) is 0.350. The first-order chi connectivity index (χ1) is 12.8. The van der Waals surface area contributed by atoms with E-state index in [0.717, 1.165) is 48.0 Å². The van der Waals surface area contributed by atoms with Crippen molar-refractivity contribution in [3.05, 3.63) is 59.7 Å². The average Bonchev–Trinajstić information content (AvgIpc) is 3.17. The molecule has 0 aliphatic carbocycles. The predicted octanol–water partition coefficient (Wildman–Crippen LogP) is 3.50. The molecule has 3 aliphatic heterocycles. The Kier molecular flexibility index (Phi) is 3.83. The molecule has 3 aliphatic rings. The van der Waals surface area contributed by atoms with E-state index in [4.69, 9.17) is 14.5 Å². The lowest BCUT2D eigenvalue weighted by Crippen LogP contribution is -2.46. The van der Waals surface area contributed by atoms with Gasteiger partial charge in [0.25, 0.3) is 0 Å². The zero-order valence-electron chi connectivity index (χ0n) is 14.3. The van der Waals surface area contributed by atoms with Crippen molar-refractivity contribution in [2.24, 2.45) is 4.99 Å². The van der Waals surface area contributed by atoms with E-state index < -0.39 is 5.72 Å². The van der Waals surface area contributed by atoms with Crippen LogP contribution in [0.3, 0.4) is 0 Å². The summed E-state index contributed by atoms with van der Waals surface area (Å²) in [4.78, 5) is 6.81. The van der Waals surface area contributed by atoms with Crippen LogP contribution in [0.15, 0.2) is 53.5 Å². The number of hydrogen-bond acceptors (Lipinski definition) is 6. The Morgan fingerprint density at radius 3 is 2.81 bits per heavy atom. The summed E-state index contributed by atoms with van der Waals surface area (Å²) in [6, 6.07) is 15.9.